The van der Waals surface area contributed by atoms with Crippen LogP contribution in [0.5, 0.6) is 0 Å². The minimum absolute atomic E-state index is 0.333. The van der Waals surface area contributed by atoms with Crippen molar-refractivity contribution in [3.05, 3.63) is 36.6 Å². The molecule has 0 unspecified atom stereocenters. The molecule has 1 saturated heterocycles. The van der Waals surface area contributed by atoms with E-state index < -0.39 is 0 Å². The van der Waals surface area contributed by atoms with Crippen LogP contribution in [0.2, 0.25) is 0 Å². The van der Waals surface area contributed by atoms with Crippen molar-refractivity contribution in [3.8, 4) is 0 Å². The maximum absolute atomic E-state index is 5.81. The van der Waals surface area contributed by atoms with Crippen LogP contribution < -0.4 is 5.73 Å². The highest BCUT2D eigenvalue weighted by molar-refractivity contribution is 5.83. The van der Waals surface area contributed by atoms with E-state index in [1.165, 1.54) is 11.4 Å². The van der Waals surface area contributed by atoms with Gasteiger partial charge in [0.25, 0.3) is 0 Å². The molecule has 2 aliphatic heterocycles. The van der Waals surface area contributed by atoms with Gasteiger partial charge in [0, 0.05) is 31.8 Å². The summed E-state index contributed by atoms with van der Waals surface area (Å²) in [6.45, 7) is 5.68. The maximum atomic E-state index is 5.81. The van der Waals surface area contributed by atoms with Crippen molar-refractivity contribution in [2.45, 2.75) is 31.7 Å². The number of amidine groups is 1. The molecule has 2 rings (SSSR count). The van der Waals surface area contributed by atoms with Gasteiger partial charge >= 0.3 is 0 Å². The number of nitrogens with zero attached hydrogens (tertiary/aromatic N) is 2. The Bertz CT molecular complexity index is 360. The third-order valence-corrected chi connectivity index (χ3v) is 3.14. The summed E-state index contributed by atoms with van der Waals surface area (Å²) in [6.07, 6.45) is 12.5. The molecule has 2 heterocycles. The summed E-state index contributed by atoms with van der Waals surface area (Å²) in [7, 11) is 0. The monoisotopic (exact) mass is 231 g/mol. The molecular weight excluding hydrogens is 210 g/mol. The molecule has 0 spiro atoms. The van der Waals surface area contributed by atoms with Crippen LogP contribution in [0.3, 0.4) is 0 Å². The Morgan fingerprint density at radius 2 is 2.35 bits per heavy atom. The molecular formula is C14H21N3. The van der Waals surface area contributed by atoms with Gasteiger partial charge in [0.2, 0.25) is 0 Å². The quantitative estimate of drug-likeness (QED) is 0.740. The smallest absolute Gasteiger partial charge is 0.104 e. The van der Waals surface area contributed by atoms with Gasteiger partial charge in [-0.25, -0.2) is 4.99 Å². The Hall–Kier alpha value is -1.35. The first kappa shape index (κ1) is 12.1. The number of aliphatic imine (C=N–C) groups is 1. The Morgan fingerprint density at radius 3 is 3.06 bits per heavy atom. The van der Waals surface area contributed by atoms with E-state index in [2.05, 4.69) is 28.6 Å². The van der Waals surface area contributed by atoms with Crippen molar-refractivity contribution >= 4 is 5.84 Å². The lowest BCUT2D eigenvalue weighted by atomic mass is 10.1. The van der Waals surface area contributed by atoms with Crippen LogP contribution in [0.4, 0.5) is 0 Å². The SMILES string of the molecule is C=CCC1=CN=C(N2CC(N)C2)CCCC=C1. The van der Waals surface area contributed by atoms with Gasteiger partial charge in [-0.3, -0.25) is 0 Å². The van der Waals surface area contributed by atoms with Crippen molar-refractivity contribution in [2.75, 3.05) is 13.1 Å². The normalized spacial score (nSPS) is 21.8. The molecule has 17 heavy (non-hydrogen) atoms. The fourth-order valence-corrected chi connectivity index (χ4v) is 2.13. The highest BCUT2D eigenvalue weighted by Gasteiger charge is 2.25. The highest BCUT2D eigenvalue weighted by atomic mass is 15.3. The topological polar surface area (TPSA) is 41.6 Å². The van der Waals surface area contributed by atoms with E-state index in [9.17, 15) is 0 Å². The Balaban J connectivity index is 2.08. The number of hydrogen-bond acceptors (Lipinski definition) is 3. The fourth-order valence-electron chi connectivity index (χ4n) is 2.13. The molecule has 0 amide bonds. The minimum atomic E-state index is 0.333. The standard InChI is InChI=1S/C14H21N3/c1-2-6-12-7-4-3-5-8-14(16-9-12)17-10-13(15)11-17/h2,4,7,9,13H,1,3,5-6,8,10-11,15H2. The first-order chi connectivity index (χ1) is 8.29. The zero-order valence-electron chi connectivity index (χ0n) is 10.3. The second-order valence-electron chi connectivity index (χ2n) is 4.70. The molecule has 0 aliphatic carbocycles. The molecule has 0 aromatic carbocycles. The molecule has 2 N–H and O–H groups in total. The zero-order valence-corrected chi connectivity index (χ0v) is 10.3. The molecule has 0 atom stereocenters. The van der Waals surface area contributed by atoms with E-state index in [0.717, 1.165) is 38.8 Å². The van der Waals surface area contributed by atoms with E-state index in [4.69, 9.17) is 5.73 Å². The Kier molecular flexibility index (Phi) is 4.15. The van der Waals surface area contributed by atoms with E-state index in [1.807, 2.05) is 12.3 Å². The van der Waals surface area contributed by atoms with Crippen molar-refractivity contribution in [1.82, 2.24) is 4.90 Å². The van der Waals surface area contributed by atoms with Crippen molar-refractivity contribution in [2.24, 2.45) is 10.7 Å². The van der Waals surface area contributed by atoms with Gasteiger partial charge in [0.05, 0.1) is 0 Å². The lowest BCUT2D eigenvalue weighted by molar-refractivity contribution is 0.249. The molecule has 0 aromatic heterocycles. The molecule has 0 aromatic rings. The van der Waals surface area contributed by atoms with E-state index in [0.29, 0.717) is 6.04 Å². The average Bonchev–Trinajstić information content (AvgIpc) is 2.38. The summed E-state index contributed by atoms with van der Waals surface area (Å²) in [5.41, 5.74) is 7.04. The Labute approximate surface area is 103 Å². The van der Waals surface area contributed by atoms with Crippen LogP contribution in [0, 0.1) is 0 Å². The summed E-state index contributed by atoms with van der Waals surface area (Å²) in [5, 5.41) is 0. The first-order valence-corrected chi connectivity index (χ1v) is 6.33. The Morgan fingerprint density at radius 1 is 1.53 bits per heavy atom. The number of likely N-dealkylation sites (tertiary alicyclic amines) is 1. The number of allylic oxidation sites excluding steroid dienone is 4. The second kappa shape index (κ2) is 5.82. The molecule has 0 bridgehead atoms. The third-order valence-electron chi connectivity index (χ3n) is 3.14. The molecule has 2 aliphatic rings. The fraction of sp³-hybridized carbons (Fsp3) is 0.500. The molecule has 92 valence electrons. The zero-order chi connectivity index (χ0) is 12.1. The van der Waals surface area contributed by atoms with Crippen LogP contribution in [-0.2, 0) is 0 Å². The predicted octanol–water partition coefficient (Wildman–Crippen LogP) is 2.23. The summed E-state index contributed by atoms with van der Waals surface area (Å²) >= 11 is 0. The van der Waals surface area contributed by atoms with Crippen molar-refractivity contribution in [1.29, 1.82) is 0 Å². The second-order valence-corrected chi connectivity index (χ2v) is 4.70. The van der Waals surface area contributed by atoms with E-state index >= 15 is 0 Å². The van der Waals surface area contributed by atoms with Gasteiger partial charge < -0.3 is 10.6 Å². The molecule has 0 saturated carbocycles. The molecule has 1 fully saturated rings. The van der Waals surface area contributed by atoms with E-state index in [-0.39, 0.29) is 0 Å². The minimum Gasteiger partial charge on any atom is -0.357 e. The number of nitrogens with two attached hydrogens (primary N) is 1. The number of hydrogen-bond donors (Lipinski definition) is 1. The first-order valence-electron chi connectivity index (χ1n) is 6.33. The van der Waals surface area contributed by atoms with Crippen molar-refractivity contribution < 1.29 is 0 Å². The third kappa shape index (κ3) is 3.30. The van der Waals surface area contributed by atoms with Gasteiger partial charge in [-0.2, -0.15) is 0 Å². The van der Waals surface area contributed by atoms with Crippen LogP contribution in [0.1, 0.15) is 25.7 Å². The van der Waals surface area contributed by atoms with Gasteiger partial charge in [-0.15, -0.1) is 6.58 Å². The maximum Gasteiger partial charge on any atom is 0.104 e. The van der Waals surface area contributed by atoms with Crippen LogP contribution in [0.15, 0.2) is 41.6 Å². The van der Waals surface area contributed by atoms with Crippen LogP contribution in [-0.4, -0.2) is 29.9 Å². The highest BCUT2D eigenvalue weighted by Crippen LogP contribution is 2.15. The summed E-state index contributed by atoms with van der Waals surface area (Å²) in [6, 6.07) is 0.333. The predicted molar refractivity (Wildman–Crippen MR) is 72.9 cm³/mol. The largest absolute Gasteiger partial charge is 0.357 e. The van der Waals surface area contributed by atoms with Gasteiger partial charge in [0.15, 0.2) is 0 Å². The van der Waals surface area contributed by atoms with Gasteiger partial charge in [0.1, 0.15) is 5.84 Å². The number of rotatable bonds is 2. The summed E-state index contributed by atoms with van der Waals surface area (Å²) in [5.74, 6) is 1.19. The van der Waals surface area contributed by atoms with Crippen LogP contribution >= 0.6 is 0 Å². The molecule has 3 nitrogen and oxygen atoms in total. The lowest BCUT2D eigenvalue weighted by Crippen LogP contribution is -2.57. The lowest BCUT2D eigenvalue weighted by Gasteiger charge is -2.39. The van der Waals surface area contributed by atoms with Gasteiger partial charge in [-0.1, -0.05) is 18.2 Å². The summed E-state index contributed by atoms with van der Waals surface area (Å²) in [4.78, 5) is 6.92. The molecule has 3 heteroatoms. The van der Waals surface area contributed by atoms with Crippen LogP contribution in [0.25, 0.3) is 0 Å². The van der Waals surface area contributed by atoms with Crippen molar-refractivity contribution in [3.63, 3.8) is 0 Å². The van der Waals surface area contributed by atoms with E-state index in [1.54, 1.807) is 0 Å². The average molecular weight is 231 g/mol. The molecule has 0 radical (unpaired) electrons. The summed E-state index contributed by atoms with van der Waals surface area (Å²) < 4.78 is 0. The van der Waals surface area contributed by atoms with Gasteiger partial charge in [-0.05, 0) is 24.8 Å².